The highest BCUT2D eigenvalue weighted by atomic mass is 32.2. The summed E-state index contributed by atoms with van der Waals surface area (Å²) >= 11 is 0. The minimum Gasteiger partial charge on any atom is -0.416 e. The maximum atomic E-state index is 12.3. The maximum absolute atomic E-state index is 12.3. The summed E-state index contributed by atoms with van der Waals surface area (Å²) in [5.41, 5.74) is 4.23. The molecule has 0 aliphatic heterocycles. The molecule has 0 radical (unpaired) electrons. The molecule has 38 heavy (non-hydrogen) atoms. The lowest BCUT2D eigenvalue weighted by Gasteiger charge is -2.21. The lowest BCUT2D eigenvalue weighted by atomic mass is 9.99. The Hall–Kier alpha value is -3.82. The number of anilines is 1. The van der Waals surface area contributed by atoms with Crippen LogP contribution in [0.3, 0.4) is 0 Å². The van der Waals surface area contributed by atoms with E-state index in [-0.39, 0.29) is 24.7 Å². The number of ketones is 1. The van der Waals surface area contributed by atoms with Crippen LogP contribution in [0.15, 0.2) is 83.3 Å². The van der Waals surface area contributed by atoms with E-state index in [4.69, 9.17) is 8.97 Å². The number of carbonyl (C=O) groups is 1. The van der Waals surface area contributed by atoms with Crippen LogP contribution in [0, 0.1) is 0 Å². The van der Waals surface area contributed by atoms with Gasteiger partial charge in [0.25, 0.3) is 10.1 Å². The third-order valence-corrected chi connectivity index (χ3v) is 7.01. The molecule has 0 amide bonds. The van der Waals surface area contributed by atoms with Gasteiger partial charge < -0.3 is 9.73 Å². The molecule has 8 nitrogen and oxygen atoms in total. The molecular weight excluding hydrogens is 502 g/mol. The van der Waals surface area contributed by atoms with Gasteiger partial charge in [-0.3, -0.25) is 9.35 Å². The van der Waals surface area contributed by atoms with Crippen LogP contribution in [-0.4, -0.2) is 34.7 Å². The third kappa shape index (κ3) is 7.60. The molecule has 1 aromatic heterocycles. The van der Waals surface area contributed by atoms with Crippen molar-refractivity contribution in [3.63, 3.8) is 0 Å². The van der Waals surface area contributed by atoms with Crippen molar-refractivity contribution in [2.24, 2.45) is 0 Å². The molecule has 1 atom stereocenters. The van der Waals surface area contributed by atoms with Crippen molar-refractivity contribution in [3.05, 3.63) is 90.0 Å². The van der Waals surface area contributed by atoms with Crippen LogP contribution >= 0.6 is 0 Å². The molecule has 0 aliphatic rings. The van der Waals surface area contributed by atoms with E-state index in [1.807, 2.05) is 54.6 Å². The fourth-order valence-corrected chi connectivity index (χ4v) is 4.65. The number of rotatable bonds is 13. The molecule has 3 aromatic carbocycles. The molecule has 198 valence electrons. The molecule has 9 heteroatoms. The highest BCUT2D eigenvalue weighted by molar-refractivity contribution is 7.85. The predicted molar refractivity (Wildman–Crippen MR) is 147 cm³/mol. The van der Waals surface area contributed by atoms with Crippen molar-refractivity contribution in [1.82, 2.24) is 10.2 Å². The molecule has 1 unspecified atom stereocenters. The summed E-state index contributed by atoms with van der Waals surface area (Å²) in [5.74, 6) is 0.365. The number of nitrogens with one attached hydrogen (secondary N) is 1. The van der Waals surface area contributed by atoms with E-state index in [0.717, 1.165) is 41.6 Å². The summed E-state index contributed by atoms with van der Waals surface area (Å²) < 4.78 is 36.4. The summed E-state index contributed by atoms with van der Waals surface area (Å²) in [6.07, 6.45) is 3.20. The van der Waals surface area contributed by atoms with E-state index in [2.05, 4.69) is 34.6 Å². The number of hydrogen-bond donors (Lipinski definition) is 2. The molecule has 0 fully saturated rings. The van der Waals surface area contributed by atoms with Crippen LogP contribution in [0.1, 0.15) is 61.0 Å². The van der Waals surface area contributed by atoms with Gasteiger partial charge in [0, 0.05) is 28.8 Å². The van der Waals surface area contributed by atoms with Crippen LogP contribution in [0.5, 0.6) is 0 Å². The van der Waals surface area contributed by atoms with Gasteiger partial charge in [0.15, 0.2) is 5.78 Å². The molecule has 0 saturated heterocycles. The van der Waals surface area contributed by atoms with E-state index in [1.165, 1.54) is 0 Å². The molecular formula is C29H31N3O5S. The van der Waals surface area contributed by atoms with Crippen LogP contribution < -0.4 is 5.32 Å². The SMILES string of the molecule is CCCCC(Nc1ccc(C(=O)CCCS(=O)(=O)O)cc1)c1ccc(-c2nnc(-c3ccccc3)o2)cc1. The Balaban J connectivity index is 1.42. The average molecular weight is 534 g/mol. The second-order valence-corrected chi connectivity index (χ2v) is 10.7. The smallest absolute Gasteiger partial charge is 0.264 e. The molecule has 0 aliphatic carbocycles. The second kappa shape index (κ2) is 12.6. The fraction of sp³-hybridized carbons (Fsp3) is 0.276. The molecule has 0 bridgehead atoms. The first-order chi connectivity index (χ1) is 18.3. The lowest BCUT2D eigenvalue weighted by molar-refractivity contribution is 0.0982. The number of unbranched alkanes of at least 4 members (excludes halogenated alkanes) is 1. The van der Waals surface area contributed by atoms with Crippen LogP contribution in [0.2, 0.25) is 0 Å². The number of aromatic nitrogens is 2. The van der Waals surface area contributed by atoms with Gasteiger partial charge in [0.2, 0.25) is 11.8 Å². The highest BCUT2D eigenvalue weighted by Gasteiger charge is 2.15. The van der Waals surface area contributed by atoms with Crippen molar-refractivity contribution in [2.75, 3.05) is 11.1 Å². The number of Topliss-reactive ketones (excluding diaryl/α,β-unsaturated/α-hetero) is 1. The molecule has 1 heterocycles. The predicted octanol–water partition coefficient (Wildman–Crippen LogP) is 6.60. The molecule has 0 saturated carbocycles. The zero-order valence-corrected chi connectivity index (χ0v) is 22.0. The third-order valence-electron chi connectivity index (χ3n) is 6.21. The summed E-state index contributed by atoms with van der Waals surface area (Å²) in [6.45, 7) is 2.16. The summed E-state index contributed by atoms with van der Waals surface area (Å²) in [7, 11) is -4.06. The first kappa shape index (κ1) is 27.2. The Morgan fingerprint density at radius 2 is 1.53 bits per heavy atom. The van der Waals surface area contributed by atoms with Gasteiger partial charge in [-0.25, -0.2) is 0 Å². The van der Waals surface area contributed by atoms with Crippen LogP contribution in [0.4, 0.5) is 5.69 Å². The zero-order chi connectivity index (χ0) is 27.0. The van der Waals surface area contributed by atoms with Gasteiger partial charge in [-0.05, 0) is 66.9 Å². The largest absolute Gasteiger partial charge is 0.416 e. The summed E-state index contributed by atoms with van der Waals surface area (Å²) in [5, 5.41) is 11.9. The fourth-order valence-electron chi connectivity index (χ4n) is 4.14. The monoisotopic (exact) mass is 533 g/mol. The first-order valence-electron chi connectivity index (χ1n) is 12.7. The molecule has 4 rings (SSSR count). The van der Waals surface area contributed by atoms with E-state index in [1.54, 1.807) is 12.1 Å². The Bertz CT molecular complexity index is 1430. The van der Waals surface area contributed by atoms with Gasteiger partial charge >= 0.3 is 0 Å². The number of carbonyl (C=O) groups excluding carboxylic acids is 1. The highest BCUT2D eigenvalue weighted by Crippen LogP contribution is 2.29. The zero-order valence-electron chi connectivity index (χ0n) is 21.2. The molecule has 0 spiro atoms. The molecule has 2 N–H and O–H groups in total. The Morgan fingerprint density at radius 1 is 0.895 bits per heavy atom. The topological polar surface area (TPSA) is 122 Å². The van der Waals surface area contributed by atoms with E-state index in [0.29, 0.717) is 17.3 Å². The normalized spacial score (nSPS) is 12.3. The van der Waals surface area contributed by atoms with Crippen LogP contribution in [-0.2, 0) is 10.1 Å². The van der Waals surface area contributed by atoms with Crippen molar-refractivity contribution >= 4 is 21.6 Å². The van der Waals surface area contributed by atoms with Gasteiger partial charge in [0.1, 0.15) is 0 Å². The molecule has 4 aromatic rings. The van der Waals surface area contributed by atoms with E-state index in [9.17, 15) is 13.2 Å². The second-order valence-electron chi connectivity index (χ2n) is 9.13. The number of benzene rings is 3. The first-order valence-corrected chi connectivity index (χ1v) is 14.3. The Morgan fingerprint density at radius 3 is 2.13 bits per heavy atom. The van der Waals surface area contributed by atoms with Crippen molar-refractivity contribution in [1.29, 1.82) is 0 Å². The maximum Gasteiger partial charge on any atom is 0.264 e. The standard InChI is InChI=1S/C29H31N3O5S/c1-2-3-10-26(30-25-18-16-22(17-19-25)27(33)11-7-20-38(34,35)36)21-12-14-24(15-13-21)29-32-31-28(37-29)23-8-5-4-6-9-23/h4-6,8-9,12-19,26,30H,2-3,7,10-11,20H2,1H3,(H,34,35,36). The van der Waals surface area contributed by atoms with Crippen molar-refractivity contribution in [2.45, 2.75) is 45.1 Å². The summed E-state index contributed by atoms with van der Waals surface area (Å²) in [6, 6.07) is 25.0. The van der Waals surface area contributed by atoms with Gasteiger partial charge in [-0.2, -0.15) is 8.42 Å². The van der Waals surface area contributed by atoms with Gasteiger partial charge in [0.05, 0.1) is 11.8 Å². The Labute approximate surface area is 222 Å². The van der Waals surface area contributed by atoms with Crippen LogP contribution in [0.25, 0.3) is 22.9 Å². The lowest BCUT2D eigenvalue weighted by Crippen LogP contribution is -2.11. The number of hydrogen-bond acceptors (Lipinski definition) is 7. The van der Waals surface area contributed by atoms with E-state index >= 15 is 0 Å². The average Bonchev–Trinajstić information content (AvgIpc) is 3.42. The Kier molecular flexibility index (Phi) is 9.04. The van der Waals surface area contributed by atoms with Crippen molar-refractivity contribution < 1.29 is 22.2 Å². The van der Waals surface area contributed by atoms with E-state index < -0.39 is 15.9 Å². The minimum atomic E-state index is -4.06. The minimum absolute atomic E-state index is 0.0604. The van der Waals surface area contributed by atoms with Crippen molar-refractivity contribution in [3.8, 4) is 22.9 Å². The number of nitrogens with zero attached hydrogens (tertiary/aromatic N) is 2. The van der Waals surface area contributed by atoms with Gasteiger partial charge in [-0.15, -0.1) is 10.2 Å². The van der Waals surface area contributed by atoms with Gasteiger partial charge in [-0.1, -0.05) is 50.1 Å². The quantitative estimate of drug-likeness (QED) is 0.146. The summed E-state index contributed by atoms with van der Waals surface area (Å²) in [4.78, 5) is 12.3.